The minimum atomic E-state index is -4.01. The van der Waals surface area contributed by atoms with E-state index in [1.54, 1.807) is 37.2 Å². The van der Waals surface area contributed by atoms with Crippen LogP contribution in [0.4, 0.5) is 5.69 Å². The van der Waals surface area contributed by atoms with Crippen molar-refractivity contribution in [2.45, 2.75) is 4.90 Å². The van der Waals surface area contributed by atoms with Gasteiger partial charge in [-0.05, 0) is 36.4 Å². The van der Waals surface area contributed by atoms with Crippen LogP contribution in [0.25, 0.3) is 11.0 Å². The van der Waals surface area contributed by atoms with Gasteiger partial charge in [0, 0.05) is 27.2 Å². The number of ether oxygens (including phenoxy) is 2. The van der Waals surface area contributed by atoms with Gasteiger partial charge in [0.25, 0.3) is 15.9 Å². The number of hydrogen-bond acceptors (Lipinski definition) is 6. The lowest BCUT2D eigenvalue weighted by molar-refractivity contribution is 0.0300. The highest BCUT2D eigenvalue weighted by Gasteiger charge is 2.25. The van der Waals surface area contributed by atoms with Crippen LogP contribution in [0.1, 0.15) is 10.4 Å². The van der Waals surface area contributed by atoms with E-state index in [0.717, 1.165) is 0 Å². The molecule has 1 saturated heterocycles. The molecule has 0 aliphatic carbocycles. The van der Waals surface area contributed by atoms with E-state index < -0.39 is 10.0 Å². The molecular formula is C21H24N4O6S. The molecule has 0 saturated carbocycles. The number of benzene rings is 2. The van der Waals surface area contributed by atoms with E-state index in [1.807, 2.05) is 0 Å². The average Bonchev–Trinajstić information content (AvgIpc) is 3.02. The molecule has 0 atom stereocenters. The Labute approximate surface area is 185 Å². The van der Waals surface area contributed by atoms with Crippen LogP contribution in [0, 0.1) is 0 Å². The van der Waals surface area contributed by atoms with Crippen LogP contribution in [0.15, 0.2) is 46.1 Å². The predicted octanol–water partition coefficient (Wildman–Crippen LogP) is 1.16. The monoisotopic (exact) mass is 460 g/mol. The Morgan fingerprint density at radius 3 is 2.41 bits per heavy atom. The van der Waals surface area contributed by atoms with Crippen LogP contribution in [0.3, 0.4) is 0 Å². The van der Waals surface area contributed by atoms with Crippen molar-refractivity contribution in [3.05, 3.63) is 52.4 Å². The zero-order chi connectivity index (χ0) is 23.0. The van der Waals surface area contributed by atoms with Crippen molar-refractivity contribution in [1.29, 1.82) is 0 Å². The maximum Gasteiger partial charge on any atom is 0.328 e. The number of nitrogens with zero attached hydrogens (tertiary/aromatic N) is 3. The molecule has 10 nitrogen and oxygen atoms in total. The van der Waals surface area contributed by atoms with Crippen molar-refractivity contribution in [1.82, 2.24) is 14.0 Å². The number of sulfonamides is 1. The smallest absolute Gasteiger partial charge is 0.328 e. The molecular weight excluding hydrogens is 436 g/mol. The first-order valence-electron chi connectivity index (χ1n) is 9.96. The Hall–Kier alpha value is -3.31. The molecule has 0 unspecified atom stereocenters. The molecule has 0 spiro atoms. The number of anilines is 1. The molecule has 1 aliphatic rings. The molecule has 3 aromatic rings. The van der Waals surface area contributed by atoms with Crippen molar-refractivity contribution in [2.24, 2.45) is 14.1 Å². The Balaban J connectivity index is 1.68. The highest BCUT2D eigenvalue weighted by molar-refractivity contribution is 7.92. The lowest BCUT2D eigenvalue weighted by Gasteiger charge is -2.27. The molecule has 1 amide bonds. The Morgan fingerprint density at radius 2 is 1.72 bits per heavy atom. The first-order valence-corrected chi connectivity index (χ1v) is 11.4. The lowest BCUT2D eigenvalue weighted by atomic mass is 10.1. The molecule has 0 bridgehead atoms. The summed E-state index contributed by atoms with van der Waals surface area (Å²) in [6.45, 7) is 1.70. The molecule has 2 heterocycles. The molecule has 4 rings (SSSR count). The Kier molecular flexibility index (Phi) is 5.70. The van der Waals surface area contributed by atoms with Gasteiger partial charge in [0.05, 0.1) is 47.5 Å². The molecule has 1 aliphatic heterocycles. The van der Waals surface area contributed by atoms with Crippen LogP contribution < -0.4 is 15.1 Å². The van der Waals surface area contributed by atoms with Crippen molar-refractivity contribution in [2.75, 3.05) is 38.1 Å². The summed E-state index contributed by atoms with van der Waals surface area (Å²) in [6, 6.07) is 9.02. The van der Waals surface area contributed by atoms with E-state index >= 15 is 0 Å². The standard InChI is InChI=1S/C21H24N4O6S/c1-23-17-6-4-14(12-18(17)24(2)21(23)27)22-32(28,29)15-5-7-19(30-3)16(13-15)20(26)25-8-10-31-11-9-25/h4-7,12-13,22H,8-11H2,1-3H3. The average molecular weight is 461 g/mol. The summed E-state index contributed by atoms with van der Waals surface area (Å²) >= 11 is 0. The van der Waals surface area contributed by atoms with Gasteiger partial charge >= 0.3 is 5.69 Å². The summed E-state index contributed by atoms with van der Waals surface area (Å²) in [5, 5.41) is 0. The van der Waals surface area contributed by atoms with Crippen molar-refractivity contribution in [3.8, 4) is 5.75 Å². The van der Waals surface area contributed by atoms with Gasteiger partial charge in [-0.15, -0.1) is 0 Å². The van der Waals surface area contributed by atoms with Crippen molar-refractivity contribution in [3.63, 3.8) is 0 Å². The largest absolute Gasteiger partial charge is 0.496 e. The maximum atomic E-state index is 13.1. The first kappa shape index (κ1) is 21.9. The summed E-state index contributed by atoms with van der Waals surface area (Å²) in [6.07, 6.45) is 0. The highest BCUT2D eigenvalue weighted by Crippen LogP contribution is 2.26. The van der Waals surface area contributed by atoms with E-state index in [9.17, 15) is 18.0 Å². The number of aryl methyl sites for hydroxylation is 2. The molecule has 1 fully saturated rings. The number of hydrogen-bond donors (Lipinski definition) is 1. The zero-order valence-electron chi connectivity index (χ0n) is 18.0. The molecule has 170 valence electrons. The first-order chi connectivity index (χ1) is 15.2. The number of methoxy groups -OCH3 is 1. The van der Waals surface area contributed by atoms with Gasteiger partial charge < -0.3 is 14.4 Å². The van der Waals surface area contributed by atoms with E-state index in [2.05, 4.69) is 4.72 Å². The number of rotatable bonds is 5. The second-order valence-corrected chi connectivity index (χ2v) is 9.16. The third-order valence-corrected chi connectivity index (χ3v) is 6.91. The number of imidazole rings is 1. The normalized spacial score (nSPS) is 14.5. The minimum Gasteiger partial charge on any atom is -0.496 e. The molecule has 32 heavy (non-hydrogen) atoms. The molecule has 11 heteroatoms. The number of fused-ring (bicyclic) bond motifs is 1. The number of carbonyl (C=O) groups is 1. The Bertz CT molecular complexity index is 1350. The molecule has 2 aromatic carbocycles. The molecule has 1 N–H and O–H groups in total. The summed E-state index contributed by atoms with van der Waals surface area (Å²) in [7, 11) is 0.695. The van der Waals surface area contributed by atoms with Crippen LogP contribution in [0.5, 0.6) is 5.75 Å². The summed E-state index contributed by atoms with van der Waals surface area (Å²) in [5.41, 5.74) is 1.54. The van der Waals surface area contributed by atoms with E-state index in [4.69, 9.17) is 9.47 Å². The van der Waals surface area contributed by atoms with Crippen LogP contribution in [0.2, 0.25) is 0 Å². The fraction of sp³-hybridized carbons (Fsp3) is 0.333. The fourth-order valence-corrected chi connectivity index (χ4v) is 4.82. The summed E-state index contributed by atoms with van der Waals surface area (Å²) < 4.78 is 42.2. The topological polar surface area (TPSA) is 112 Å². The van der Waals surface area contributed by atoms with Crippen molar-refractivity contribution >= 4 is 32.7 Å². The molecule has 1 aromatic heterocycles. The van der Waals surface area contributed by atoms with Crippen LogP contribution in [-0.4, -0.2) is 61.8 Å². The number of amides is 1. The SMILES string of the molecule is COc1ccc(S(=O)(=O)Nc2ccc3c(c2)n(C)c(=O)n3C)cc1C(=O)N1CCOCC1. The summed E-state index contributed by atoms with van der Waals surface area (Å²) in [4.78, 5) is 26.6. The minimum absolute atomic E-state index is 0.0723. The summed E-state index contributed by atoms with van der Waals surface area (Å²) in [5.74, 6) is -0.0240. The third kappa shape index (κ3) is 3.84. The number of nitrogens with one attached hydrogen (secondary N) is 1. The second-order valence-electron chi connectivity index (χ2n) is 7.48. The van der Waals surface area contributed by atoms with E-state index in [-0.39, 0.29) is 22.1 Å². The van der Waals surface area contributed by atoms with E-state index in [1.165, 1.54) is 34.4 Å². The number of carbonyl (C=O) groups excluding carboxylic acids is 1. The van der Waals surface area contributed by atoms with Crippen LogP contribution >= 0.6 is 0 Å². The number of morpholine rings is 1. The van der Waals surface area contributed by atoms with Gasteiger partial charge in [-0.2, -0.15) is 0 Å². The lowest BCUT2D eigenvalue weighted by Crippen LogP contribution is -2.40. The fourth-order valence-electron chi connectivity index (χ4n) is 3.74. The zero-order valence-corrected chi connectivity index (χ0v) is 18.8. The second kappa shape index (κ2) is 8.32. The van der Waals surface area contributed by atoms with Gasteiger partial charge in [0.2, 0.25) is 0 Å². The maximum absolute atomic E-state index is 13.1. The Morgan fingerprint density at radius 1 is 1.03 bits per heavy atom. The van der Waals surface area contributed by atoms with Gasteiger partial charge in [0.1, 0.15) is 5.75 Å². The van der Waals surface area contributed by atoms with Crippen LogP contribution in [-0.2, 0) is 28.9 Å². The van der Waals surface area contributed by atoms with Gasteiger partial charge in [-0.3, -0.25) is 18.7 Å². The molecule has 0 radical (unpaired) electrons. The van der Waals surface area contributed by atoms with Crippen molar-refractivity contribution < 1.29 is 22.7 Å². The predicted molar refractivity (Wildman–Crippen MR) is 119 cm³/mol. The number of aromatic nitrogens is 2. The van der Waals surface area contributed by atoms with Gasteiger partial charge in [-0.25, -0.2) is 13.2 Å². The third-order valence-electron chi connectivity index (χ3n) is 5.53. The van der Waals surface area contributed by atoms with E-state index in [0.29, 0.717) is 48.8 Å². The van der Waals surface area contributed by atoms with Gasteiger partial charge in [-0.1, -0.05) is 0 Å². The highest BCUT2D eigenvalue weighted by atomic mass is 32.2. The quantitative estimate of drug-likeness (QED) is 0.612. The van der Waals surface area contributed by atoms with Gasteiger partial charge in [0.15, 0.2) is 0 Å².